The van der Waals surface area contributed by atoms with Crippen molar-refractivity contribution >= 4 is 27.0 Å². The van der Waals surface area contributed by atoms with E-state index < -0.39 is 16.0 Å². The molecule has 1 aromatic heterocycles. The van der Waals surface area contributed by atoms with E-state index in [1.807, 2.05) is 11.5 Å². The summed E-state index contributed by atoms with van der Waals surface area (Å²) in [5.74, 6) is -0.279. The van der Waals surface area contributed by atoms with Gasteiger partial charge in [-0.3, -0.25) is 0 Å². The largest absolute Gasteiger partial charge is 0.507 e. The summed E-state index contributed by atoms with van der Waals surface area (Å²) in [6.07, 6.45) is 0. The van der Waals surface area contributed by atoms with Gasteiger partial charge in [0, 0.05) is 20.6 Å². The number of carbonyl (C=O) groups excluding carboxylic acids is 1. The Kier molecular flexibility index (Phi) is 5.63. The number of hydrogen-bond donors (Lipinski definition) is 1. The van der Waals surface area contributed by atoms with E-state index in [4.69, 9.17) is 4.74 Å². The normalized spacial score (nSPS) is 11.9. The van der Waals surface area contributed by atoms with Crippen LogP contribution in [-0.2, 0) is 27.9 Å². The number of benzene rings is 2. The number of sulfonamides is 1. The number of phenolic OH excluding ortho intramolecular Hbond substituents is 1. The number of esters is 1. The number of carbonyl (C=O) groups is 1. The Hall–Kier alpha value is -2.91. The Morgan fingerprint density at radius 3 is 2.62 bits per heavy atom. The van der Waals surface area contributed by atoms with Crippen LogP contribution >= 0.6 is 0 Å². The van der Waals surface area contributed by atoms with E-state index >= 15 is 0 Å². The predicted octanol–water partition coefficient (Wildman–Crippen LogP) is 2.68. The molecule has 0 bridgehead atoms. The second kappa shape index (κ2) is 7.84. The summed E-state index contributed by atoms with van der Waals surface area (Å²) in [5.41, 5.74) is 1.91. The van der Waals surface area contributed by atoms with Crippen LogP contribution in [0.1, 0.15) is 28.7 Å². The molecule has 154 valence electrons. The maximum Gasteiger partial charge on any atom is 0.342 e. The number of fused-ring (bicyclic) bond motifs is 1. The van der Waals surface area contributed by atoms with Gasteiger partial charge in [-0.15, -0.1) is 0 Å². The number of phenols is 1. The van der Waals surface area contributed by atoms with Gasteiger partial charge >= 0.3 is 5.97 Å². The van der Waals surface area contributed by atoms with Gasteiger partial charge in [0.25, 0.3) is 0 Å². The monoisotopic (exact) mass is 417 g/mol. The van der Waals surface area contributed by atoms with Crippen molar-refractivity contribution in [2.75, 3.05) is 14.1 Å². The molecule has 0 saturated heterocycles. The summed E-state index contributed by atoms with van der Waals surface area (Å²) >= 11 is 0. The van der Waals surface area contributed by atoms with Gasteiger partial charge in [-0.2, -0.15) is 0 Å². The third-order valence-corrected chi connectivity index (χ3v) is 6.49. The van der Waals surface area contributed by atoms with E-state index in [1.165, 1.54) is 32.3 Å². The van der Waals surface area contributed by atoms with Gasteiger partial charge in [0.15, 0.2) is 0 Å². The van der Waals surface area contributed by atoms with Crippen molar-refractivity contribution in [1.29, 1.82) is 0 Å². The third kappa shape index (κ3) is 3.83. The lowest BCUT2D eigenvalue weighted by molar-refractivity contribution is 0.0455. The zero-order valence-corrected chi connectivity index (χ0v) is 17.5. The van der Waals surface area contributed by atoms with Crippen molar-refractivity contribution in [3.63, 3.8) is 0 Å². The molecule has 1 N–H and O–H groups in total. The number of aromatic nitrogens is 2. The molecule has 0 unspecified atom stereocenters. The number of para-hydroxylation sites is 1. The zero-order valence-electron chi connectivity index (χ0n) is 16.7. The Balaban J connectivity index is 1.91. The SMILES string of the molecule is CCn1c(COC(=O)c2cccc(C)c2O)nc2cc(S(=O)(=O)N(C)C)ccc21. The van der Waals surface area contributed by atoms with Crippen LogP contribution in [0, 0.1) is 6.92 Å². The topological polar surface area (TPSA) is 102 Å². The summed E-state index contributed by atoms with van der Waals surface area (Å²) in [7, 11) is -0.642. The van der Waals surface area contributed by atoms with E-state index in [-0.39, 0.29) is 22.8 Å². The summed E-state index contributed by atoms with van der Waals surface area (Å²) < 4.78 is 33.1. The van der Waals surface area contributed by atoms with Crippen LogP contribution in [0.2, 0.25) is 0 Å². The molecule has 3 aromatic rings. The second-order valence-corrected chi connectivity index (χ2v) is 8.91. The molecule has 0 radical (unpaired) electrons. The van der Waals surface area contributed by atoms with Crippen LogP contribution in [0.3, 0.4) is 0 Å². The molecule has 0 spiro atoms. The van der Waals surface area contributed by atoms with Crippen LogP contribution in [0.25, 0.3) is 11.0 Å². The number of aromatic hydroxyl groups is 1. The highest BCUT2D eigenvalue weighted by atomic mass is 32.2. The maximum absolute atomic E-state index is 12.4. The molecule has 3 rings (SSSR count). The van der Waals surface area contributed by atoms with E-state index in [1.54, 1.807) is 25.1 Å². The molecule has 8 nitrogen and oxygen atoms in total. The quantitative estimate of drug-likeness (QED) is 0.619. The first-order valence-corrected chi connectivity index (χ1v) is 10.5. The highest BCUT2D eigenvalue weighted by Crippen LogP contribution is 2.24. The minimum Gasteiger partial charge on any atom is -0.507 e. The van der Waals surface area contributed by atoms with Gasteiger partial charge < -0.3 is 14.4 Å². The summed E-state index contributed by atoms with van der Waals surface area (Å²) in [4.78, 5) is 17.0. The fourth-order valence-corrected chi connectivity index (χ4v) is 3.95. The van der Waals surface area contributed by atoms with Gasteiger partial charge in [0.1, 0.15) is 23.7 Å². The molecule has 0 aliphatic rings. The lowest BCUT2D eigenvalue weighted by Gasteiger charge is -2.11. The molecular weight excluding hydrogens is 394 g/mol. The molecule has 9 heteroatoms. The van der Waals surface area contributed by atoms with Crippen molar-refractivity contribution in [3.05, 3.63) is 53.3 Å². The predicted molar refractivity (Wildman–Crippen MR) is 108 cm³/mol. The molecule has 0 aliphatic carbocycles. The molecule has 2 aromatic carbocycles. The Morgan fingerprint density at radius 2 is 1.97 bits per heavy atom. The lowest BCUT2D eigenvalue weighted by Crippen LogP contribution is -2.22. The van der Waals surface area contributed by atoms with Crippen LogP contribution < -0.4 is 0 Å². The van der Waals surface area contributed by atoms with Gasteiger partial charge in [-0.05, 0) is 43.7 Å². The van der Waals surface area contributed by atoms with Crippen LogP contribution in [0.5, 0.6) is 5.75 Å². The van der Waals surface area contributed by atoms with Crippen LogP contribution in [0.15, 0.2) is 41.3 Å². The number of imidazole rings is 1. The standard InChI is InChI=1S/C20H23N3O5S/c1-5-23-17-10-9-14(29(26,27)22(3)4)11-16(17)21-18(23)12-28-20(25)15-8-6-7-13(2)19(15)24/h6-11,24H,5,12H2,1-4H3. The van der Waals surface area contributed by atoms with Crippen molar-refractivity contribution in [2.45, 2.75) is 31.9 Å². The molecule has 29 heavy (non-hydrogen) atoms. The van der Waals surface area contributed by atoms with Crippen molar-refractivity contribution in [1.82, 2.24) is 13.9 Å². The van der Waals surface area contributed by atoms with E-state index in [9.17, 15) is 18.3 Å². The summed E-state index contributed by atoms with van der Waals surface area (Å²) in [6.45, 7) is 4.08. The first-order valence-electron chi connectivity index (χ1n) is 9.04. The van der Waals surface area contributed by atoms with Crippen molar-refractivity contribution in [3.8, 4) is 5.75 Å². The highest BCUT2D eigenvalue weighted by Gasteiger charge is 2.20. The number of nitrogens with zero attached hydrogens (tertiary/aromatic N) is 3. The third-order valence-electron chi connectivity index (χ3n) is 4.68. The Morgan fingerprint density at radius 1 is 1.24 bits per heavy atom. The molecule has 0 saturated carbocycles. The van der Waals surface area contributed by atoms with Gasteiger partial charge in [-0.25, -0.2) is 22.5 Å². The van der Waals surface area contributed by atoms with E-state index in [2.05, 4.69) is 4.98 Å². The molecule has 0 atom stereocenters. The second-order valence-electron chi connectivity index (χ2n) is 6.76. The van der Waals surface area contributed by atoms with Crippen LogP contribution in [-0.4, -0.2) is 47.4 Å². The molecule has 0 fully saturated rings. The minimum atomic E-state index is -3.58. The fourth-order valence-electron chi connectivity index (χ4n) is 3.03. The average Bonchev–Trinajstić information content (AvgIpc) is 3.04. The highest BCUT2D eigenvalue weighted by molar-refractivity contribution is 7.89. The molecule has 1 heterocycles. The molecular formula is C20H23N3O5S. The van der Waals surface area contributed by atoms with Gasteiger partial charge in [0.05, 0.1) is 15.9 Å². The smallest absolute Gasteiger partial charge is 0.342 e. The summed E-state index contributed by atoms with van der Waals surface area (Å²) in [6, 6.07) is 9.59. The summed E-state index contributed by atoms with van der Waals surface area (Å²) in [5, 5.41) is 10.0. The number of hydrogen-bond acceptors (Lipinski definition) is 6. The van der Waals surface area contributed by atoms with Crippen LogP contribution in [0.4, 0.5) is 0 Å². The zero-order chi connectivity index (χ0) is 21.3. The minimum absolute atomic E-state index is 0.0866. The molecule has 0 aliphatic heterocycles. The number of aryl methyl sites for hydroxylation is 2. The Bertz CT molecular complexity index is 1180. The van der Waals surface area contributed by atoms with Gasteiger partial charge in [-0.1, -0.05) is 12.1 Å². The van der Waals surface area contributed by atoms with E-state index in [0.29, 0.717) is 23.4 Å². The first-order chi connectivity index (χ1) is 13.7. The Labute approximate surface area is 169 Å². The number of rotatable bonds is 6. The van der Waals surface area contributed by atoms with Crippen molar-refractivity contribution in [2.24, 2.45) is 0 Å². The van der Waals surface area contributed by atoms with Crippen molar-refractivity contribution < 1.29 is 23.1 Å². The molecule has 0 amide bonds. The fraction of sp³-hybridized carbons (Fsp3) is 0.300. The first kappa shape index (κ1) is 20.8. The number of ether oxygens (including phenoxy) is 1. The van der Waals surface area contributed by atoms with Gasteiger partial charge in [0.2, 0.25) is 10.0 Å². The maximum atomic E-state index is 12.4. The lowest BCUT2D eigenvalue weighted by atomic mass is 10.1. The average molecular weight is 417 g/mol. The van der Waals surface area contributed by atoms with E-state index in [0.717, 1.165) is 9.82 Å².